The quantitative estimate of drug-likeness (QED) is 0.774. The van der Waals surface area contributed by atoms with E-state index in [4.69, 9.17) is 9.47 Å². The first-order valence-corrected chi connectivity index (χ1v) is 8.35. The van der Waals surface area contributed by atoms with E-state index in [1.165, 1.54) is 0 Å². The van der Waals surface area contributed by atoms with Crippen LogP contribution in [0.4, 0.5) is 0 Å². The maximum absolute atomic E-state index is 11.8. The Kier molecular flexibility index (Phi) is 6.83. The monoisotopic (exact) mass is 342 g/mol. The van der Waals surface area contributed by atoms with Crippen molar-refractivity contribution in [2.24, 2.45) is 0 Å². The fraction of sp³-hybridized carbons (Fsp3) is 0.350. The zero-order valence-corrected chi connectivity index (χ0v) is 15.3. The van der Waals surface area contributed by atoms with Gasteiger partial charge in [-0.25, -0.2) is 0 Å². The fourth-order valence-corrected chi connectivity index (χ4v) is 2.64. The number of nitrogens with one attached hydrogen (secondary N) is 2. The van der Waals surface area contributed by atoms with Crippen LogP contribution in [-0.2, 0) is 11.3 Å². The second-order valence-corrected chi connectivity index (χ2v) is 6.06. The van der Waals surface area contributed by atoms with Crippen LogP contribution in [0.3, 0.4) is 0 Å². The SMILES string of the molecule is COc1cc(CNCC(=O)NC(C)C)c(-c2ccccc2)cc1OC. The lowest BCUT2D eigenvalue weighted by Gasteiger charge is -2.16. The predicted octanol–water partition coefficient (Wildman–Crippen LogP) is 2.99. The minimum Gasteiger partial charge on any atom is -0.493 e. The van der Waals surface area contributed by atoms with Gasteiger partial charge in [0.15, 0.2) is 11.5 Å². The summed E-state index contributed by atoms with van der Waals surface area (Å²) in [6.45, 7) is 4.70. The van der Waals surface area contributed by atoms with E-state index in [1.807, 2.05) is 44.2 Å². The van der Waals surface area contributed by atoms with Crippen LogP contribution < -0.4 is 20.1 Å². The standard InChI is InChI=1S/C20H26N2O3/c1-14(2)22-20(23)13-21-12-16-10-18(24-3)19(25-4)11-17(16)15-8-6-5-7-9-15/h5-11,14,21H,12-13H2,1-4H3,(H,22,23). The average molecular weight is 342 g/mol. The van der Waals surface area contributed by atoms with Crippen LogP contribution in [0, 0.1) is 0 Å². The highest BCUT2D eigenvalue weighted by Gasteiger charge is 2.13. The van der Waals surface area contributed by atoms with Crippen LogP contribution in [0.1, 0.15) is 19.4 Å². The van der Waals surface area contributed by atoms with E-state index in [-0.39, 0.29) is 18.5 Å². The Balaban J connectivity index is 2.24. The summed E-state index contributed by atoms with van der Waals surface area (Å²) >= 11 is 0. The molecule has 0 unspecified atom stereocenters. The van der Waals surface area contributed by atoms with E-state index >= 15 is 0 Å². The summed E-state index contributed by atoms with van der Waals surface area (Å²) in [5, 5.41) is 6.07. The van der Waals surface area contributed by atoms with Crippen molar-refractivity contribution in [1.82, 2.24) is 10.6 Å². The number of carbonyl (C=O) groups is 1. The second-order valence-electron chi connectivity index (χ2n) is 6.06. The van der Waals surface area contributed by atoms with Gasteiger partial charge in [0.1, 0.15) is 0 Å². The molecule has 0 aromatic heterocycles. The average Bonchev–Trinajstić information content (AvgIpc) is 2.61. The number of ether oxygens (including phenoxy) is 2. The van der Waals surface area contributed by atoms with Crippen LogP contribution in [0.5, 0.6) is 11.5 Å². The molecule has 0 aliphatic rings. The van der Waals surface area contributed by atoms with Gasteiger partial charge >= 0.3 is 0 Å². The van der Waals surface area contributed by atoms with Crippen molar-refractivity contribution in [2.75, 3.05) is 20.8 Å². The highest BCUT2D eigenvalue weighted by molar-refractivity contribution is 5.78. The molecule has 25 heavy (non-hydrogen) atoms. The molecule has 0 bridgehead atoms. The zero-order chi connectivity index (χ0) is 18.2. The molecule has 0 spiro atoms. The Morgan fingerprint density at radius 1 is 1.04 bits per heavy atom. The van der Waals surface area contributed by atoms with E-state index in [9.17, 15) is 4.79 Å². The van der Waals surface area contributed by atoms with Crippen LogP contribution in [-0.4, -0.2) is 32.7 Å². The molecule has 0 heterocycles. The largest absolute Gasteiger partial charge is 0.493 e. The van der Waals surface area contributed by atoms with Crippen molar-refractivity contribution >= 4 is 5.91 Å². The minimum absolute atomic E-state index is 0.0169. The van der Waals surface area contributed by atoms with Crippen LogP contribution in [0.15, 0.2) is 42.5 Å². The number of hydrogen-bond acceptors (Lipinski definition) is 4. The molecule has 2 N–H and O–H groups in total. The van der Waals surface area contributed by atoms with Gasteiger partial charge in [0.25, 0.3) is 0 Å². The second kappa shape index (κ2) is 9.08. The molecule has 5 heteroatoms. The molecule has 2 aromatic rings. The van der Waals surface area contributed by atoms with E-state index < -0.39 is 0 Å². The molecule has 2 rings (SSSR count). The van der Waals surface area contributed by atoms with Crippen LogP contribution >= 0.6 is 0 Å². The molecule has 0 fully saturated rings. The first-order chi connectivity index (χ1) is 12.0. The summed E-state index contributed by atoms with van der Waals surface area (Å²) in [4.78, 5) is 11.8. The molecular formula is C20H26N2O3. The van der Waals surface area contributed by atoms with E-state index in [2.05, 4.69) is 22.8 Å². The normalized spacial score (nSPS) is 10.6. The Bertz CT molecular complexity index is 700. The summed E-state index contributed by atoms with van der Waals surface area (Å²) in [6, 6.07) is 14.1. The third-order valence-corrected chi connectivity index (χ3v) is 3.74. The number of benzene rings is 2. The van der Waals surface area contributed by atoms with Crippen molar-refractivity contribution in [2.45, 2.75) is 26.4 Å². The summed E-state index contributed by atoms with van der Waals surface area (Å²) in [5.41, 5.74) is 3.18. The highest BCUT2D eigenvalue weighted by atomic mass is 16.5. The molecule has 0 aliphatic heterocycles. The lowest BCUT2D eigenvalue weighted by atomic mass is 9.98. The number of carbonyl (C=O) groups excluding carboxylic acids is 1. The first kappa shape index (κ1) is 18.8. The van der Waals surface area contributed by atoms with Gasteiger partial charge in [-0.15, -0.1) is 0 Å². The maximum atomic E-state index is 11.8. The third kappa shape index (κ3) is 5.22. The molecule has 5 nitrogen and oxygen atoms in total. The van der Waals surface area contributed by atoms with E-state index in [0.717, 1.165) is 16.7 Å². The maximum Gasteiger partial charge on any atom is 0.234 e. The summed E-state index contributed by atoms with van der Waals surface area (Å²) in [7, 11) is 3.24. The van der Waals surface area contributed by atoms with Gasteiger partial charge < -0.3 is 20.1 Å². The Labute approximate surface area is 149 Å². The fourth-order valence-electron chi connectivity index (χ4n) is 2.64. The van der Waals surface area contributed by atoms with Gasteiger partial charge in [0, 0.05) is 12.6 Å². The molecule has 0 radical (unpaired) electrons. The van der Waals surface area contributed by atoms with E-state index in [0.29, 0.717) is 18.0 Å². The Morgan fingerprint density at radius 3 is 2.28 bits per heavy atom. The number of amides is 1. The number of rotatable bonds is 8. The molecule has 0 saturated carbocycles. The molecule has 2 aromatic carbocycles. The van der Waals surface area contributed by atoms with Gasteiger partial charge in [-0.1, -0.05) is 30.3 Å². The molecule has 0 aliphatic carbocycles. The van der Waals surface area contributed by atoms with Gasteiger partial charge in [-0.05, 0) is 42.7 Å². The van der Waals surface area contributed by atoms with Crippen molar-refractivity contribution in [3.05, 3.63) is 48.0 Å². The van der Waals surface area contributed by atoms with Gasteiger partial charge in [-0.3, -0.25) is 4.79 Å². The lowest BCUT2D eigenvalue weighted by Crippen LogP contribution is -2.37. The van der Waals surface area contributed by atoms with Gasteiger partial charge in [0.05, 0.1) is 20.8 Å². The predicted molar refractivity (Wildman–Crippen MR) is 100.0 cm³/mol. The van der Waals surface area contributed by atoms with Crippen molar-refractivity contribution in [1.29, 1.82) is 0 Å². The van der Waals surface area contributed by atoms with Gasteiger partial charge in [-0.2, -0.15) is 0 Å². The van der Waals surface area contributed by atoms with Crippen molar-refractivity contribution in [3.63, 3.8) is 0 Å². The van der Waals surface area contributed by atoms with Crippen molar-refractivity contribution in [3.8, 4) is 22.6 Å². The Hall–Kier alpha value is -2.53. The Morgan fingerprint density at radius 2 is 1.68 bits per heavy atom. The third-order valence-electron chi connectivity index (χ3n) is 3.74. The topological polar surface area (TPSA) is 59.6 Å². The molecule has 0 atom stereocenters. The molecule has 134 valence electrons. The van der Waals surface area contributed by atoms with Crippen LogP contribution in [0.2, 0.25) is 0 Å². The summed E-state index contributed by atoms with van der Waals surface area (Å²) in [5.74, 6) is 1.34. The smallest absolute Gasteiger partial charge is 0.234 e. The minimum atomic E-state index is -0.0169. The number of hydrogen-bond donors (Lipinski definition) is 2. The van der Waals surface area contributed by atoms with Crippen molar-refractivity contribution < 1.29 is 14.3 Å². The summed E-state index contributed by atoms with van der Waals surface area (Å²) < 4.78 is 10.8. The molecular weight excluding hydrogens is 316 g/mol. The highest BCUT2D eigenvalue weighted by Crippen LogP contribution is 2.35. The number of methoxy groups -OCH3 is 2. The van der Waals surface area contributed by atoms with Gasteiger partial charge in [0.2, 0.25) is 5.91 Å². The summed E-state index contributed by atoms with van der Waals surface area (Å²) in [6.07, 6.45) is 0. The molecule has 0 saturated heterocycles. The van der Waals surface area contributed by atoms with Crippen LogP contribution in [0.25, 0.3) is 11.1 Å². The lowest BCUT2D eigenvalue weighted by molar-refractivity contribution is -0.120. The van der Waals surface area contributed by atoms with E-state index in [1.54, 1.807) is 14.2 Å². The molecule has 1 amide bonds. The first-order valence-electron chi connectivity index (χ1n) is 8.35. The zero-order valence-electron chi connectivity index (χ0n) is 15.3.